The molecule has 1 aliphatic carbocycles. The molecule has 0 bridgehead atoms. The molecule has 1 aromatic heterocycles. The third kappa shape index (κ3) is 1.57. The number of hydrogen-bond acceptors (Lipinski definition) is 3. The Bertz CT molecular complexity index is 380. The van der Waals surface area contributed by atoms with E-state index in [0.29, 0.717) is 19.2 Å². The summed E-state index contributed by atoms with van der Waals surface area (Å²) in [6.07, 6.45) is 6.12. The molecule has 2 N–H and O–H groups in total. The van der Waals surface area contributed by atoms with Crippen molar-refractivity contribution in [1.82, 2.24) is 9.78 Å². The number of aromatic nitrogens is 2. The van der Waals surface area contributed by atoms with Gasteiger partial charge in [0.25, 0.3) is 0 Å². The summed E-state index contributed by atoms with van der Waals surface area (Å²) >= 11 is 0. The lowest BCUT2D eigenvalue weighted by Gasteiger charge is -2.14. The number of fused-ring (bicyclic) bond motifs is 1. The third-order valence-electron chi connectivity index (χ3n) is 3.80. The van der Waals surface area contributed by atoms with Crippen molar-refractivity contribution in [3.63, 3.8) is 0 Å². The zero-order valence-electron chi connectivity index (χ0n) is 9.61. The number of nitrogens with zero attached hydrogens (tertiary/aromatic N) is 2. The summed E-state index contributed by atoms with van der Waals surface area (Å²) in [6, 6.07) is 0.587. The van der Waals surface area contributed by atoms with Crippen molar-refractivity contribution in [2.24, 2.45) is 5.73 Å². The minimum absolute atomic E-state index is 0.586. The summed E-state index contributed by atoms with van der Waals surface area (Å²) in [5, 5.41) is 4.76. The molecule has 0 radical (unpaired) electrons. The SMILES string of the molecule is NCc1c2c(nn1C1CCCC1)CCOC2. The summed E-state index contributed by atoms with van der Waals surface area (Å²) in [7, 11) is 0. The average Bonchev–Trinajstić information content (AvgIpc) is 2.95. The largest absolute Gasteiger partial charge is 0.376 e. The molecule has 0 atom stereocenters. The molecule has 2 aliphatic rings. The van der Waals surface area contributed by atoms with Gasteiger partial charge in [-0.05, 0) is 12.8 Å². The Morgan fingerprint density at radius 1 is 1.38 bits per heavy atom. The zero-order chi connectivity index (χ0) is 11.0. The summed E-state index contributed by atoms with van der Waals surface area (Å²) in [6.45, 7) is 2.09. The molecule has 0 aromatic carbocycles. The van der Waals surface area contributed by atoms with Crippen LogP contribution in [0.5, 0.6) is 0 Å². The molecule has 4 heteroatoms. The van der Waals surface area contributed by atoms with E-state index in [0.717, 1.165) is 13.0 Å². The standard InChI is InChI=1S/C12H19N3O/c13-7-12-10-8-16-6-5-11(10)14-15(12)9-3-1-2-4-9/h9H,1-8,13H2. The van der Waals surface area contributed by atoms with Crippen molar-refractivity contribution in [3.05, 3.63) is 17.0 Å². The molecule has 0 amide bonds. The van der Waals surface area contributed by atoms with Crippen molar-refractivity contribution >= 4 is 0 Å². The highest BCUT2D eigenvalue weighted by Gasteiger charge is 2.25. The number of ether oxygens (including phenoxy) is 1. The van der Waals surface area contributed by atoms with Crippen LogP contribution in [0.25, 0.3) is 0 Å². The molecule has 0 saturated heterocycles. The molecule has 4 nitrogen and oxygen atoms in total. The predicted molar refractivity (Wildman–Crippen MR) is 61.0 cm³/mol. The molecule has 1 saturated carbocycles. The highest BCUT2D eigenvalue weighted by Crippen LogP contribution is 2.32. The van der Waals surface area contributed by atoms with Gasteiger partial charge in [-0.1, -0.05) is 12.8 Å². The van der Waals surface area contributed by atoms with Gasteiger partial charge in [0.15, 0.2) is 0 Å². The van der Waals surface area contributed by atoms with E-state index in [1.54, 1.807) is 0 Å². The Hall–Kier alpha value is -0.870. The van der Waals surface area contributed by atoms with Gasteiger partial charge in [-0.3, -0.25) is 4.68 Å². The van der Waals surface area contributed by atoms with Crippen LogP contribution in [-0.4, -0.2) is 16.4 Å². The Kier molecular flexibility index (Phi) is 2.69. The van der Waals surface area contributed by atoms with Gasteiger partial charge >= 0.3 is 0 Å². The van der Waals surface area contributed by atoms with Gasteiger partial charge in [0.05, 0.1) is 30.6 Å². The number of rotatable bonds is 2. The fourth-order valence-electron chi connectivity index (χ4n) is 2.93. The first kappa shape index (κ1) is 10.3. The van der Waals surface area contributed by atoms with Gasteiger partial charge in [-0.15, -0.1) is 0 Å². The summed E-state index contributed by atoms with van der Waals surface area (Å²) in [4.78, 5) is 0. The van der Waals surface area contributed by atoms with E-state index >= 15 is 0 Å². The van der Waals surface area contributed by atoms with Gasteiger partial charge in [0.1, 0.15) is 0 Å². The summed E-state index contributed by atoms with van der Waals surface area (Å²) in [5.41, 5.74) is 9.57. The fraction of sp³-hybridized carbons (Fsp3) is 0.750. The van der Waals surface area contributed by atoms with E-state index in [2.05, 4.69) is 4.68 Å². The van der Waals surface area contributed by atoms with Crippen molar-refractivity contribution in [1.29, 1.82) is 0 Å². The predicted octanol–water partition coefficient (Wildman–Crippen LogP) is 1.53. The lowest BCUT2D eigenvalue weighted by atomic mass is 10.1. The Labute approximate surface area is 95.8 Å². The van der Waals surface area contributed by atoms with Gasteiger partial charge in [-0.2, -0.15) is 5.10 Å². The lowest BCUT2D eigenvalue weighted by Crippen LogP contribution is -2.14. The molecule has 0 spiro atoms. The first-order valence-electron chi connectivity index (χ1n) is 6.27. The van der Waals surface area contributed by atoms with E-state index in [1.807, 2.05) is 0 Å². The second-order valence-corrected chi connectivity index (χ2v) is 4.76. The van der Waals surface area contributed by atoms with Crippen LogP contribution in [0.3, 0.4) is 0 Å². The molecule has 2 heterocycles. The minimum Gasteiger partial charge on any atom is -0.376 e. The van der Waals surface area contributed by atoms with Crippen molar-refractivity contribution in [3.8, 4) is 0 Å². The quantitative estimate of drug-likeness (QED) is 0.824. The minimum atomic E-state index is 0.586. The Morgan fingerprint density at radius 3 is 2.94 bits per heavy atom. The maximum atomic E-state index is 5.87. The summed E-state index contributed by atoms with van der Waals surface area (Å²) < 4.78 is 7.71. The molecule has 88 valence electrons. The van der Waals surface area contributed by atoms with Crippen LogP contribution in [0.15, 0.2) is 0 Å². The van der Waals surface area contributed by atoms with Crippen LogP contribution in [0.1, 0.15) is 48.7 Å². The molecule has 1 aromatic rings. The number of nitrogens with two attached hydrogens (primary N) is 1. The topological polar surface area (TPSA) is 53.1 Å². The molecule has 16 heavy (non-hydrogen) atoms. The van der Waals surface area contributed by atoms with Crippen molar-refractivity contribution < 1.29 is 4.74 Å². The van der Waals surface area contributed by atoms with E-state index in [1.165, 1.54) is 42.6 Å². The van der Waals surface area contributed by atoms with Crippen LogP contribution < -0.4 is 5.73 Å². The van der Waals surface area contributed by atoms with Gasteiger partial charge < -0.3 is 10.5 Å². The first-order chi connectivity index (χ1) is 7.90. The van der Waals surface area contributed by atoms with Crippen LogP contribution in [0.4, 0.5) is 0 Å². The maximum Gasteiger partial charge on any atom is 0.0753 e. The molecule has 1 fully saturated rings. The second kappa shape index (κ2) is 4.18. The molecular weight excluding hydrogens is 202 g/mol. The number of hydrogen-bond donors (Lipinski definition) is 1. The van der Waals surface area contributed by atoms with Crippen LogP contribution in [0.2, 0.25) is 0 Å². The molecule has 3 rings (SSSR count). The lowest BCUT2D eigenvalue weighted by molar-refractivity contribution is 0.109. The molecule has 0 unspecified atom stereocenters. The van der Waals surface area contributed by atoms with Gasteiger partial charge in [-0.25, -0.2) is 0 Å². The fourth-order valence-corrected chi connectivity index (χ4v) is 2.93. The summed E-state index contributed by atoms with van der Waals surface area (Å²) in [5.74, 6) is 0. The zero-order valence-corrected chi connectivity index (χ0v) is 9.61. The van der Waals surface area contributed by atoms with E-state index in [9.17, 15) is 0 Å². The van der Waals surface area contributed by atoms with Gasteiger partial charge in [0, 0.05) is 18.5 Å². The monoisotopic (exact) mass is 221 g/mol. The highest BCUT2D eigenvalue weighted by atomic mass is 16.5. The normalized spacial score (nSPS) is 21.3. The average molecular weight is 221 g/mol. The van der Waals surface area contributed by atoms with Crippen molar-refractivity contribution in [2.75, 3.05) is 6.61 Å². The van der Waals surface area contributed by atoms with Crippen LogP contribution in [-0.2, 0) is 24.3 Å². The Balaban J connectivity index is 1.99. The van der Waals surface area contributed by atoms with Crippen LogP contribution >= 0.6 is 0 Å². The highest BCUT2D eigenvalue weighted by molar-refractivity contribution is 5.28. The van der Waals surface area contributed by atoms with E-state index in [4.69, 9.17) is 15.6 Å². The van der Waals surface area contributed by atoms with E-state index < -0.39 is 0 Å². The molecular formula is C12H19N3O. The second-order valence-electron chi connectivity index (χ2n) is 4.76. The molecule has 1 aliphatic heterocycles. The Morgan fingerprint density at radius 2 is 2.19 bits per heavy atom. The maximum absolute atomic E-state index is 5.87. The van der Waals surface area contributed by atoms with Gasteiger partial charge in [0.2, 0.25) is 0 Å². The third-order valence-corrected chi connectivity index (χ3v) is 3.80. The van der Waals surface area contributed by atoms with Crippen molar-refractivity contribution in [2.45, 2.75) is 51.3 Å². The van der Waals surface area contributed by atoms with E-state index in [-0.39, 0.29) is 0 Å². The first-order valence-corrected chi connectivity index (χ1v) is 6.27. The smallest absolute Gasteiger partial charge is 0.0753 e. The van der Waals surface area contributed by atoms with Crippen LogP contribution in [0, 0.1) is 0 Å².